The summed E-state index contributed by atoms with van der Waals surface area (Å²) in [5, 5.41) is 0. The molecule has 0 fully saturated rings. The van der Waals surface area contributed by atoms with E-state index in [0.29, 0.717) is 0 Å². The molecule has 0 N–H and O–H groups in total. The Labute approximate surface area is 336 Å². The van der Waals surface area contributed by atoms with Gasteiger partial charge in [0.25, 0.3) is 0 Å². The van der Waals surface area contributed by atoms with Crippen LogP contribution in [0.3, 0.4) is 0 Å². The first kappa shape index (κ1) is 35.6. The molecule has 0 bridgehead atoms. The summed E-state index contributed by atoms with van der Waals surface area (Å²) in [5.74, 6) is -0.249. The van der Waals surface area contributed by atoms with E-state index in [1.54, 1.807) is 12.1 Å². The average Bonchev–Trinajstić information content (AvgIpc) is 3.68. The highest BCUT2D eigenvalue weighted by atomic mass is 19.4. The number of anilines is 3. The highest BCUT2D eigenvalue weighted by Gasteiger charge is 2.47. The molecular weight excluding hydrogens is 724 g/mol. The first-order chi connectivity index (χ1) is 28.1. The van der Waals surface area contributed by atoms with Crippen LogP contribution < -0.4 is 9.64 Å². The monoisotopic (exact) mass is 761 g/mol. The summed E-state index contributed by atoms with van der Waals surface area (Å²) in [6, 6.07) is 66.9. The molecule has 58 heavy (non-hydrogen) atoms. The molecule has 0 spiro atoms. The molecule has 0 unspecified atom stereocenters. The van der Waals surface area contributed by atoms with Gasteiger partial charge in [0, 0.05) is 22.4 Å². The van der Waals surface area contributed by atoms with Crippen LogP contribution in [-0.4, -0.2) is 6.36 Å². The molecule has 0 radical (unpaired) electrons. The van der Waals surface area contributed by atoms with Crippen molar-refractivity contribution in [3.05, 3.63) is 228 Å². The minimum atomic E-state index is -4.75. The molecule has 2 aliphatic carbocycles. The Morgan fingerprint density at radius 1 is 0.448 bits per heavy atom. The third-order valence-electron chi connectivity index (χ3n) is 12.1. The fourth-order valence-corrected chi connectivity index (χ4v) is 9.57. The van der Waals surface area contributed by atoms with Crippen LogP contribution in [-0.2, 0) is 10.8 Å². The van der Waals surface area contributed by atoms with E-state index in [2.05, 4.69) is 181 Å². The Morgan fingerprint density at radius 2 is 0.966 bits per heavy atom. The van der Waals surface area contributed by atoms with E-state index in [1.165, 1.54) is 62.2 Å². The molecule has 0 saturated heterocycles. The molecule has 5 heteroatoms. The molecule has 282 valence electrons. The van der Waals surface area contributed by atoms with Crippen LogP contribution in [0, 0.1) is 0 Å². The lowest BCUT2D eigenvalue weighted by molar-refractivity contribution is -0.274. The first-order valence-electron chi connectivity index (χ1n) is 19.5. The normalized spacial score (nSPS) is 14.2. The molecule has 8 aromatic rings. The number of alkyl halides is 3. The van der Waals surface area contributed by atoms with Crippen LogP contribution in [0.2, 0.25) is 0 Å². The zero-order valence-corrected chi connectivity index (χ0v) is 32.0. The highest BCUT2D eigenvalue weighted by molar-refractivity contribution is 5.98. The Hall–Kier alpha value is -6.85. The number of ether oxygens (including phenoxy) is 1. The second-order valence-electron chi connectivity index (χ2n) is 15.6. The van der Waals surface area contributed by atoms with Crippen molar-refractivity contribution in [2.24, 2.45) is 0 Å². The quantitative estimate of drug-likeness (QED) is 0.160. The van der Waals surface area contributed by atoms with Crippen LogP contribution in [0.1, 0.15) is 47.2 Å². The van der Waals surface area contributed by atoms with Gasteiger partial charge in [-0.25, -0.2) is 0 Å². The Balaban J connectivity index is 1.19. The van der Waals surface area contributed by atoms with Crippen LogP contribution in [0.15, 0.2) is 194 Å². The minimum absolute atomic E-state index is 0.208. The standard InChI is InChI=1S/C53H38F3NO/c1-51(2)45-20-11-9-18-42(45)43-33-30-40(34-48(43)51)57(39-28-24-35(25-29-39)36-26-31-41(32-27-36)58-53(54,55)56)49-23-13-22-47-50(49)44-19-10-12-21-46(44)52(47,37-14-5-3-6-15-37)38-16-7-4-8-17-38/h3-34H,1-2H3. The highest BCUT2D eigenvalue weighted by Crippen LogP contribution is 2.60. The number of hydrogen-bond donors (Lipinski definition) is 0. The van der Waals surface area contributed by atoms with Crippen LogP contribution in [0.5, 0.6) is 5.75 Å². The predicted octanol–water partition coefficient (Wildman–Crippen LogP) is 14.4. The van der Waals surface area contributed by atoms with Crippen molar-refractivity contribution in [2.75, 3.05) is 4.90 Å². The van der Waals surface area contributed by atoms with E-state index in [1.807, 2.05) is 12.1 Å². The topological polar surface area (TPSA) is 12.5 Å². The molecule has 10 rings (SSSR count). The van der Waals surface area contributed by atoms with Gasteiger partial charge in [0.05, 0.1) is 11.1 Å². The van der Waals surface area contributed by atoms with Gasteiger partial charge in [-0.1, -0.05) is 166 Å². The maximum Gasteiger partial charge on any atom is 0.573 e. The van der Waals surface area contributed by atoms with E-state index in [4.69, 9.17) is 0 Å². The average molecular weight is 762 g/mol. The summed E-state index contributed by atoms with van der Waals surface area (Å²) < 4.78 is 42.8. The van der Waals surface area contributed by atoms with Crippen molar-refractivity contribution >= 4 is 17.1 Å². The number of nitrogens with zero attached hydrogens (tertiary/aromatic N) is 1. The molecule has 2 aliphatic rings. The summed E-state index contributed by atoms with van der Waals surface area (Å²) in [5.41, 5.74) is 16.2. The summed E-state index contributed by atoms with van der Waals surface area (Å²) in [7, 11) is 0. The molecule has 2 nitrogen and oxygen atoms in total. The number of benzene rings is 8. The van der Waals surface area contributed by atoms with Crippen molar-refractivity contribution in [1.82, 2.24) is 0 Å². The zero-order chi connectivity index (χ0) is 39.6. The molecule has 8 aromatic carbocycles. The summed E-state index contributed by atoms with van der Waals surface area (Å²) in [6.45, 7) is 4.60. The Morgan fingerprint density at radius 3 is 1.60 bits per heavy atom. The number of rotatable bonds is 7. The van der Waals surface area contributed by atoms with Crippen molar-refractivity contribution in [3.8, 4) is 39.1 Å². The number of hydrogen-bond acceptors (Lipinski definition) is 2. The fourth-order valence-electron chi connectivity index (χ4n) is 9.57. The van der Waals surface area contributed by atoms with Crippen molar-refractivity contribution < 1.29 is 17.9 Å². The largest absolute Gasteiger partial charge is 0.573 e. The van der Waals surface area contributed by atoms with Gasteiger partial charge in [-0.3, -0.25) is 0 Å². The summed E-state index contributed by atoms with van der Waals surface area (Å²) in [4.78, 5) is 2.37. The molecule has 0 saturated carbocycles. The van der Waals surface area contributed by atoms with Gasteiger partial charge in [0.15, 0.2) is 0 Å². The summed E-state index contributed by atoms with van der Waals surface area (Å²) in [6.07, 6.45) is -4.75. The van der Waals surface area contributed by atoms with E-state index >= 15 is 0 Å². The fraction of sp³-hybridized carbons (Fsp3) is 0.0943. The van der Waals surface area contributed by atoms with E-state index < -0.39 is 11.8 Å². The van der Waals surface area contributed by atoms with Crippen LogP contribution in [0.25, 0.3) is 33.4 Å². The van der Waals surface area contributed by atoms with Gasteiger partial charge in [0.1, 0.15) is 5.75 Å². The molecular formula is C53H38F3NO. The lowest BCUT2D eigenvalue weighted by Crippen LogP contribution is -2.28. The van der Waals surface area contributed by atoms with E-state index in [0.717, 1.165) is 33.8 Å². The van der Waals surface area contributed by atoms with E-state index in [9.17, 15) is 13.2 Å². The van der Waals surface area contributed by atoms with Crippen molar-refractivity contribution in [1.29, 1.82) is 0 Å². The lowest BCUT2D eigenvalue weighted by Gasteiger charge is -2.34. The summed E-state index contributed by atoms with van der Waals surface area (Å²) >= 11 is 0. The van der Waals surface area contributed by atoms with Gasteiger partial charge in [-0.05, 0) is 104 Å². The predicted molar refractivity (Wildman–Crippen MR) is 228 cm³/mol. The molecule has 0 aliphatic heterocycles. The van der Waals surface area contributed by atoms with Crippen molar-refractivity contribution in [2.45, 2.75) is 31.0 Å². The van der Waals surface area contributed by atoms with Gasteiger partial charge in [-0.2, -0.15) is 0 Å². The molecule has 0 amide bonds. The van der Waals surface area contributed by atoms with Gasteiger partial charge < -0.3 is 9.64 Å². The third kappa shape index (κ3) is 5.56. The molecule has 0 atom stereocenters. The van der Waals surface area contributed by atoms with Crippen LogP contribution in [0.4, 0.5) is 30.2 Å². The Kier molecular flexibility index (Phi) is 8.20. The second-order valence-corrected chi connectivity index (χ2v) is 15.6. The maximum absolute atomic E-state index is 12.9. The van der Waals surface area contributed by atoms with Gasteiger partial charge >= 0.3 is 6.36 Å². The number of fused-ring (bicyclic) bond motifs is 6. The maximum atomic E-state index is 12.9. The Bertz CT molecular complexity index is 2770. The smallest absolute Gasteiger partial charge is 0.406 e. The molecule has 0 heterocycles. The first-order valence-corrected chi connectivity index (χ1v) is 19.5. The lowest BCUT2D eigenvalue weighted by atomic mass is 9.68. The second kappa shape index (κ2) is 13.4. The zero-order valence-electron chi connectivity index (χ0n) is 32.0. The number of halogens is 3. The minimum Gasteiger partial charge on any atom is -0.406 e. The SMILES string of the molecule is CC1(C)c2ccccc2-c2ccc(N(c3ccc(-c4ccc(OC(F)(F)F)cc4)cc3)c3cccc4c3-c3ccccc3C4(c3ccccc3)c3ccccc3)cc21. The van der Waals surface area contributed by atoms with Gasteiger partial charge in [0.2, 0.25) is 0 Å². The third-order valence-corrected chi connectivity index (χ3v) is 12.1. The van der Waals surface area contributed by atoms with Crippen LogP contribution >= 0.6 is 0 Å². The molecule has 0 aromatic heterocycles. The van der Waals surface area contributed by atoms with Gasteiger partial charge in [-0.15, -0.1) is 13.2 Å². The van der Waals surface area contributed by atoms with E-state index in [-0.39, 0.29) is 11.2 Å². The van der Waals surface area contributed by atoms with Crippen molar-refractivity contribution in [3.63, 3.8) is 0 Å².